The van der Waals surface area contributed by atoms with Gasteiger partial charge in [0, 0.05) is 17.6 Å². The van der Waals surface area contributed by atoms with Crippen molar-refractivity contribution in [3.63, 3.8) is 0 Å². The third-order valence-corrected chi connectivity index (χ3v) is 4.80. The number of anilines is 1. The van der Waals surface area contributed by atoms with Crippen LogP contribution in [0, 0.1) is 6.92 Å². The zero-order valence-electron chi connectivity index (χ0n) is 14.9. The molecule has 0 unspecified atom stereocenters. The molecule has 0 fully saturated rings. The standard InChI is InChI=1S/C19H21N3O3S/c1-14-4-6-15(7-5-14)10-11-26(23,24)21-16-8-9-19-17(12-16)18(20-25-19)13-22(2)3/h4-12,21H,13H2,1-3H3/b11-10+. The second kappa shape index (κ2) is 7.31. The third kappa shape index (κ3) is 4.50. The maximum atomic E-state index is 12.3. The number of hydrogen-bond acceptors (Lipinski definition) is 5. The Kier molecular flexibility index (Phi) is 5.11. The van der Waals surface area contributed by atoms with Gasteiger partial charge in [-0.1, -0.05) is 35.0 Å². The number of hydrogen-bond donors (Lipinski definition) is 1. The van der Waals surface area contributed by atoms with Gasteiger partial charge in [-0.05, 0) is 50.9 Å². The second-order valence-electron chi connectivity index (χ2n) is 6.44. The predicted octanol–water partition coefficient (Wildman–Crippen LogP) is 3.61. The second-order valence-corrected chi connectivity index (χ2v) is 8.00. The molecule has 6 nitrogen and oxygen atoms in total. The van der Waals surface area contributed by atoms with Crippen molar-refractivity contribution in [2.75, 3.05) is 18.8 Å². The van der Waals surface area contributed by atoms with Crippen LogP contribution in [-0.4, -0.2) is 32.6 Å². The summed E-state index contributed by atoms with van der Waals surface area (Å²) in [6.07, 6.45) is 1.57. The van der Waals surface area contributed by atoms with Gasteiger partial charge in [0.05, 0.1) is 5.41 Å². The molecule has 1 heterocycles. The first kappa shape index (κ1) is 18.2. The summed E-state index contributed by atoms with van der Waals surface area (Å²) in [6, 6.07) is 12.7. The van der Waals surface area contributed by atoms with Crippen LogP contribution < -0.4 is 4.72 Å². The normalized spacial score (nSPS) is 12.3. The molecule has 0 spiro atoms. The Balaban J connectivity index is 1.81. The number of sulfonamides is 1. The molecule has 2 aromatic carbocycles. The smallest absolute Gasteiger partial charge is 0.255 e. The highest BCUT2D eigenvalue weighted by molar-refractivity contribution is 7.95. The number of fused-ring (bicyclic) bond motifs is 1. The Morgan fingerprint density at radius 2 is 1.88 bits per heavy atom. The van der Waals surface area contributed by atoms with E-state index >= 15 is 0 Å². The van der Waals surface area contributed by atoms with Crippen LogP contribution in [0.25, 0.3) is 17.0 Å². The third-order valence-electron chi connectivity index (χ3n) is 3.79. The van der Waals surface area contributed by atoms with E-state index in [9.17, 15) is 8.42 Å². The average molecular weight is 371 g/mol. The molecule has 1 aromatic heterocycles. The first-order valence-electron chi connectivity index (χ1n) is 8.13. The molecule has 0 radical (unpaired) electrons. The molecule has 3 aromatic rings. The molecule has 0 aliphatic carbocycles. The molecule has 0 aliphatic heterocycles. The SMILES string of the molecule is Cc1ccc(/C=C/S(=O)(=O)Nc2ccc3onc(CN(C)C)c3c2)cc1. The highest BCUT2D eigenvalue weighted by Crippen LogP contribution is 2.24. The number of aryl methyl sites for hydroxylation is 1. The first-order valence-corrected chi connectivity index (χ1v) is 9.68. The van der Waals surface area contributed by atoms with Crippen molar-refractivity contribution in [3.8, 4) is 0 Å². The van der Waals surface area contributed by atoms with Gasteiger partial charge in [-0.2, -0.15) is 0 Å². The lowest BCUT2D eigenvalue weighted by Crippen LogP contribution is -2.11. The minimum Gasteiger partial charge on any atom is -0.356 e. The minimum atomic E-state index is -3.62. The van der Waals surface area contributed by atoms with E-state index in [1.807, 2.05) is 50.2 Å². The molecule has 0 saturated carbocycles. The fourth-order valence-corrected chi connectivity index (χ4v) is 3.37. The maximum Gasteiger partial charge on any atom is 0.255 e. The van der Waals surface area contributed by atoms with Crippen molar-refractivity contribution in [1.82, 2.24) is 10.1 Å². The van der Waals surface area contributed by atoms with Crippen LogP contribution >= 0.6 is 0 Å². The maximum absolute atomic E-state index is 12.3. The molecule has 0 aliphatic rings. The largest absolute Gasteiger partial charge is 0.356 e. The van der Waals surface area contributed by atoms with Gasteiger partial charge in [0.15, 0.2) is 5.58 Å². The van der Waals surface area contributed by atoms with Gasteiger partial charge in [0.25, 0.3) is 10.0 Å². The lowest BCUT2D eigenvalue weighted by molar-refractivity contribution is 0.373. The summed E-state index contributed by atoms with van der Waals surface area (Å²) in [4.78, 5) is 1.97. The van der Waals surface area contributed by atoms with Gasteiger partial charge in [0.1, 0.15) is 5.69 Å². The number of rotatable bonds is 6. The number of nitrogens with one attached hydrogen (secondary N) is 1. The summed E-state index contributed by atoms with van der Waals surface area (Å²) < 4.78 is 32.5. The Morgan fingerprint density at radius 3 is 2.58 bits per heavy atom. The molecule has 3 rings (SSSR count). The molecular formula is C19H21N3O3S. The number of nitrogens with zero attached hydrogens (tertiary/aromatic N) is 2. The van der Waals surface area contributed by atoms with Crippen LogP contribution in [0.15, 0.2) is 52.4 Å². The van der Waals surface area contributed by atoms with Gasteiger partial charge in [-0.15, -0.1) is 0 Å². The molecule has 7 heteroatoms. The van der Waals surface area contributed by atoms with Crippen molar-refractivity contribution in [2.45, 2.75) is 13.5 Å². The molecule has 0 bridgehead atoms. The van der Waals surface area contributed by atoms with E-state index in [-0.39, 0.29) is 0 Å². The van der Waals surface area contributed by atoms with Crippen molar-refractivity contribution < 1.29 is 12.9 Å². The van der Waals surface area contributed by atoms with Crippen LogP contribution in [0.1, 0.15) is 16.8 Å². The molecule has 26 heavy (non-hydrogen) atoms. The molecule has 0 saturated heterocycles. The van der Waals surface area contributed by atoms with Crippen molar-refractivity contribution in [3.05, 3.63) is 64.7 Å². The van der Waals surface area contributed by atoms with Crippen LogP contribution in [-0.2, 0) is 16.6 Å². The molecule has 1 N–H and O–H groups in total. The first-order chi connectivity index (χ1) is 12.3. The van der Waals surface area contributed by atoms with E-state index < -0.39 is 10.0 Å². The fourth-order valence-electron chi connectivity index (χ4n) is 2.51. The number of benzene rings is 2. The fraction of sp³-hybridized carbons (Fsp3) is 0.211. The van der Waals surface area contributed by atoms with E-state index in [0.29, 0.717) is 17.8 Å². The van der Waals surface area contributed by atoms with Crippen molar-refractivity contribution in [2.24, 2.45) is 0 Å². The number of aromatic nitrogens is 1. The minimum absolute atomic E-state index is 0.467. The van der Waals surface area contributed by atoms with Crippen LogP contribution in [0.2, 0.25) is 0 Å². The van der Waals surface area contributed by atoms with E-state index in [0.717, 1.165) is 27.6 Å². The topological polar surface area (TPSA) is 75.4 Å². The Morgan fingerprint density at radius 1 is 1.15 bits per heavy atom. The summed E-state index contributed by atoms with van der Waals surface area (Å²) in [7, 11) is 0.244. The summed E-state index contributed by atoms with van der Waals surface area (Å²) >= 11 is 0. The predicted molar refractivity (Wildman–Crippen MR) is 104 cm³/mol. The van der Waals surface area contributed by atoms with E-state index in [1.54, 1.807) is 24.3 Å². The zero-order valence-corrected chi connectivity index (χ0v) is 15.7. The van der Waals surface area contributed by atoms with E-state index in [4.69, 9.17) is 4.52 Å². The van der Waals surface area contributed by atoms with Gasteiger partial charge >= 0.3 is 0 Å². The lowest BCUT2D eigenvalue weighted by atomic mass is 10.2. The van der Waals surface area contributed by atoms with Gasteiger partial charge < -0.3 is 9.42 Å². The monoisotopic (exact) mass is 371 g/mol. The highest BCUT2D eigenvalue weighted by atomic mass is 32.2. The van der Waals surface area contributed by atoms with Crippen LogP contribution in [0.4, 0.5) is 5.69 Å². The average Bonchev–Trinajstić information content (AvgIpc) is 2.96. The Labute approximate surface area is 153 Å². The van der Waals surface area contributed by atoms with E-state index in [1.165, 1.54) is 0 Å². The van der Waals surface area contributed by atoms with Gasteiger partial charge in [0.2, 0.25) is 0 Å². The zero-order chi connectivity index (χ0) is 18.7. The molecule has 136 valence electrons. The summed E-state index contributed by atoms with van der Waals surface area (Å²) in [5, 5.41) is 6.00. The highest BCUT2D eigenvalue weighted by Gasteiger charge is 2.12. The summed E-state index contributed by atoms with van der Waals surface area (Å²) in [6.45, 7) is 2.59. The van der Waals surface area contributed by atoms with Crippen LogP contribution in [0.3, 0.4) is 0 Å². The van der Waals surface area contributed by atoms with Gasteiger partial charge in [-0.25, -0.2) is 8.42 Å². The molecular weight excluding hydrogens is 350 g/mol. The Hall–Kier alpha value is -2.64. The Bertz CT molecular complexity index is 1040. The van der Waals surface area contributed by atoms with Gasteiger partial charge in [-0.3, -0.25) is 4.72 Å². The molecule has 0 amide bonds. The molecule has 0 atom stereocenters. The van der Waals surface area contributed by atoms with Crippen molar-refractivity contribution in [1.29, 1.82) is 0 Å². The lowest BCUT2D eigenvalue weighted by Gasteiger charge is -2.07. The van der Waals surface area contributed by atoms with Crippen molar-refractivity contribution >= 4 is 32.8 Å². The van der Waals surface area contributed by atoms with E-state index in [2.05, 4.69) is 9.88 Å². The summed E-state index contributed by atoms with van der Waals surface area (Å²) in [5.41, 5.74) is 3.80. The van der Waals surface area contributed by atoms with Crippen LogP contribution in [0.5, 0.6) is 0 Å². The quantitative estimate of drug-likeness (QED) is 0.716. The summed E-state index contributed by atoms with van der Waals surface area (Å²) in [5.74, 6) is 0.